The topological polar surface area (TPSA) is 58.6 Å². The first-order chi connectivity index (χ1) is 15.6. The summed E-state index contributed by atoms with van der Waals surface area (Å²) in [4.78, 5) is 26.8. The summed E-state index contributed by atoms with van der Waals surface area (Å²) in [7, 11) is 1.63. The van der Waals surface area contributed by atoms with E-state index >= 15 is 0 Å². The number of rotatable bonds is 12. The zero-order valence-corrected chi connectivity index (χ0v) is 20.0. The van der Waals surface area contributed by atoms with E-state index in [0.29, 0.717) is 12.2 Å². The van der Waals surface area contributed by atoms with E-state index < -0.39 is 0 Å². The number of anilines is 2. The van der Waals surface area contributed by atoms with Gasteiger partial charge < -0.3 is 10.1 Å². The molecule has 2 aromatic rings. The van der Waals surface area contributed by atoms with Crippen LogP contribution in [-0.4, -0.2) is 24.7 Å². The summed E-state index contributed by atoms with van der Waals surface area (Å²) in [6.07, 6.45) is 8.91. The highest BCUT2D eigenvalue weighted by Gasteiger charge is 2.34. The molecule has 1 N–H and O–H groups in total. The van der Waals surface area contributed by atoms with Gasteiger partial charge in [0.05, 0.1) is 12.9 Å². The monoisotopic (exact) mass is 454 g/mol. The van der Waals surface area contributed by atoms with Gasteiger partial charge in [-0.15, -0.1) is 11.8 Å². The van der Waals surface area contributed by atoms with Gasteiger partial charge in [-0.3, -0.25) is 14.5 Å². The fourth-order valence-corrected chi connectivity index (χ4v) is 5.10. The molecule has 1 saturated heterocycles. The molecule has 0 aliphatic carbocycles. The van der Waals surface area contributed by atoms with Crippen molar-refractivity contribution in [2.75, 3.05) is 23.1 Å². The largest absolute Gasteiger partial charge is 0.497 e. The van der Waals surface area contributed by atoms with Crippen LogP contribution in [0.25, 0.3) is 0 Å². The molecular formula is C26H34N2O3S. The van der Waals surface area contributed by atoms with Crippen LogP contribution in [0.4, 0.5) is 11.4 Å². The van der Waals surface area contributed by atoms with Crippen molar-refractivity contribution in [2.24, 2.45) is 0 Å². The van der Waals surface area contributed by atoms with Gasteiger partial charge in [-0.05, 0) is 48.4 Å². The molecule has 2 amide bonds. The van der Waals surface area contributed by atoms with Crippen LogP contribution < -0.4 is 15.0 Å². The number of unbranched alkanes of at least 4 members (excludes halogenated alkanes) is 6. The van der Waals surface area contributed by atoms with E-state index in [-0.39, 0.29) is 17.2 Å². The van der Waals surface area contributed by atoms with Crippen molar-refractivity contribution in [2.45, 2.75) is 63.7 Å². The van der Waals surface area contributed by atoms with E-state index in [0.717, 1.165) is 35.5 Å². The number of benzene rings is 2. The van der Waals surface area contributed by atoms with Gasteiger partial charge in [-0.1, -0.05) is 57.6 Å². The molecule has 0 spiro atoms. The number of ether oxygens (including phenoxy) is 1. The summed E-state index contributed by atoms with van der Waals surface area (Å²) in [5.74, 6) is 1.33. The van der Waals surface area contributed by atoms with Crippen LogP contribution in [0.1, 0.15) is 69.2 Å². The number of carbonyl (C=O) groups excluding carboxylic acids is 2. The Labute approximate surface area is 195 Å². The van der Waals surface area contributed by atoms with Gasteiger partial charge in [0.2, 0.25) is 11.8 Å². The quantitative estimate of drug-likeness (QED) is 0.369. The maximum Gasteiger partial charge on any atom is 0.238 e. The average molecular weight is 455 g/mol. The van der Waals surface area contributed by atoms with Crippen molar-refractivity contribution in [3.8, 4) is 5.75 Å². The minimum Gasteiger partial charge on any atom is -0.497 e. The highest BCUT2D eigenvalue weighted by atomic mass is 32.2. The predicted molar refractivity (Wildman–Crippen MR) is 133 cm³/mol. The number of hydrogen-bond donors (Lipinski definition) is 1. The minimum absolute atomic E-state index is 0.0536. The maximum atomic E-state index is 12.6. The second-order valence-corrected chi connectivity index (χ2v) is 9.24. The molecule has 0 saturated carbocycles. The lowest BCUT2D eigenvalue weighted by Crippen LogP contribution is -2.27. The molecule has 5 nitrogen and oxygen atoms in total. The van der Waals surface area contributed by atoms with Gasteiger partial charge in [-0.25, -0.2) is 0 Å². The number of hydrogen-bond acceptors (Lipinski definition) is 4. The molecular weight excluding hydrogens is 420 g/mol. The second-order valence-electron chi connectivity index (χ2n) is 8.17. The summed E-state index contributed by atoms with van der Waals surface area (Å²) in [5.41, 5.74) is 2.63. The van der Waals surface area contributed by atoms with Crippen LogP contribution in [0.3, 0.4) is 0 Å². The highest BCUT2D eigenvalue weighted by Crippen LogP contribution is 2.42. The zero-order valence-electron chi connectivity index (χ0n) is 19.1. The van der Waals surface area contributed by atoms with Crippen molar-refractivity contribution >= 4 is 35.0 Å². The van der Waals surface area contributed by atoms with Crippen molar-refractivity contribution in [1.82, 2.24) is 0 Å². The Morgan fingerprint density at radius 3 is 2.50 bits per heavy atom. The van der Waals surface area contributed by atoms with Crippen molar-refractivity contribution in [3.05, 3.63) is 54.1 Å². The van der Waals surface area contributed by atoms with Gasteiger partial charge in [0.15, 0.2) is 0 Å². The molecule has 0 bridgehead atoms. The van der Waals surface area contributed by atoms with Crippen LogP contribution in [0.2, 0.25) is 0 Å². The van der Waals surface area contributed by atoms with Gasteiger partial charge in [0.25, 0.3) is 0 Å². The number of thioether (sulfide) groups is 1. The molecule has 1 heterocycles. The van der Waals surface area contributed by atoms with E-state index in [1.165, 1.54) is 32.1 Å². The van der Waals surface area contributed by atoms with E-state index in [1.54, 1.807) is 18.9 Å². The van der Waals surface area contributed by atoms with Gasteiger partial charge in [-0.2, -0.15) is 0 Å². The molecule has 1 aliphatic rings. The smallest absolute Gasteiger partial charge is 0.238 e. The number of carbonyl (C=O) groups is 2. The molecule has 0 aromatic heterocycles. The Balaban J connectivity index is 1.57. The molecule has 0 unspecified atom stereocenters. The van der Waals surface area contributed by atoms with Crippen molar-refractivity contribution in [1.29, 1.82) is 0 Å². The van der Waals surface area contributed by atoms with Gasteiger partial charge in [0.1, 0.15) is 11.1 Å². The molecule has 6 heteroatoms. The first kappa shape index (κ1) is 24.2. The Kier molecular flexibility index (Phi) is 9.47. The van der Waals surface area contributed by atoms with E-state index in [4.69, 9.17) is 4.74 Å². The molecule has 3 rings (SSSR count). The molecule has 1 aliphatic heterocycles. The first-order valence-electron chi connectivity index (χ1n) is 11.6. The normalized spacial score (nSPS) is 15.8. The Hall–Kier alpha value is -2.47. The summed E-state index contributed by atoms with van der Waals surface area (Å²) < 4.78 is 5.23. The standard InChI is InChI=1S/C26H34N2O3S/c1-3-4-5-6-7-8-9-13-24(29)27-21-12-10-11-20(18-21)26-28(25(30)19-32-26)22-14-16-23(31-2)17-15-22/h10-12,14-18,26H,3-9,13,19H2,1-2H3,(H,27,29)/t26-/m0/s1. The van der Waals surface area contributed by atoms with Crippen molar-refractivity contribution < 1.29 is 14.3 Å². The van der Waals surface area contributed by atoms with Crippen LogP contribution >= 0.6 is 11.8 Å². The lowest BCUT2D eigenvalue weighted by Gasteiger charge is -2.25. The Bertz CT molecular complexity index is 885. The fraction of sp³-hybridized carbons (Fsp3) is 0.462. The summed E-state index contributed by atoms with van der Waals surface area (Å²) in [6.45, 7) is 2.22. The fourth-order valence-electron chi connectivity index (χ4n) is 3.93. The third kappa shape index (κ3) is 6.76. The van der Waals surface area contributed by atoms with Gasteiger partial charge >= 0.3 is 0 Å². The minimum atomic E-state index is -0.115. The molecule has 1 atom stereocenters. The van der Waals surface area contributed by atoms with Crippen LogP contribution in [0, 0.1) is 0 Å². The van der Waals surface area contributed by atoms with Crippen LogP contribution in [-0.2, 0) is 9.59 Å². The van der Waals surface area contributed by atoms with E-state index in [1.807, 2.05) is 53.4 Å². The molecule has 0 radical (unpaired) electrons. The SMILES string of the molecule is CCCCCCCCCC(=O)Nc1cccc([C@@H]2SCC(=O)N2c2ccc(OC)cc2)c1. The first-order valence-corrected chi connectivity index (χ1v) is 12.6. The van der Waals surface area contributed by atoms with Gasteiger partial charge in [0, 0.05) is 17.8 Å². The number of amides is 2. The molecule has 1 fully saturated rings. The van der Waals surface area contributed by atoms with Crippen molar-refractivity contribution in [3.63, 3.8) is 0 Å². The third-order valence-corrected chi connectivity index (χ3v) is 6.89. The molecule has 172 valence electrons. The third-order valence-electron chi connectivity index (χ3n) is 5.68. The molecule has 32 heavy (non-hydrogen) atoms. The van der Waals surface area contributed by atoms with Crippen LogP contribution in [0.5, 0.6) is 5.75 Å². The number of nitrogens with one attached hydrogen (secondary N) is 1. The summed E-state index contributed by atoms with van der Waals surface area (Å²) in [5, 5.41) is 2.91. The van der Waals surface area contributed by atoms with E-state index in [2.05, 4.69) is 12.2 Å². The summed E-state index contributed by atoms with van der Waals surface area (Å²) in [6, 6.07) is 15.4. The Morgan fingerprint density at radius 1 is 1.06 bits per heavy atom. The Morgan fingerprint density at radius 2 is 1.78 bits per heavy atom. The maximum absolute atomic E-state index is 12.6. The molecule has 2 aromatic carbocycles. The van der Waals surface area contributed by atoms with Crippen LogP contribution in [0.15, 0.2) is 48.5 Å². The lowest BCUT2D eigenvalue weighted by molar-refractivity contribution is -0.117. The average Bonchev–Trinajstić information content (AvgIpc) is 3.20. The second kappa shape index (κ2) is 12.5. The highest BCUT2D eigenvalue weighted by molar-refractivity contribution is 8.00. The predicted octanol–water partition coefficient (Wildman–Crippen LogP) is 6.55. The number of nitrogens with zero attached hydrogens (tertiary/aromatic N) is 1. The van der Waals surface area contributed by atoms with E-state index in [9.17, 15) is 9.59 Å². The summed E-state index contributed by atoms with van der Waals surface area (Å²) >= 11 is 1.60. The number of methoxy groups -OCH3 is 1. The zero-order chi connectivity index (χ0) is 22.8. The lowest BCUT2D eigenvalue weighted by atomic mass is 10.1.